The highest BCUT2D eigenvalue weighted by molar-refractivity contribution is 6.13. The highest BCUT2D eigenvalue weighted by Crippen LogP contribution is 2.51. The van der Waals surface area contributed by atoms with E-state index in [-0.39, 0.29) is 0 Å². The predicted octanol–water partition coefficient (Wildman–Crippen LogP) is 17.2. The van der Waals surface area contributed by atoms with Crippen molar-refractivity contribution in [2.75, 3.05) is 4.90 Å². The zero-order chi connectivity index (χ0) is 42.1. The molecule has 12 aromatic rings. The number of aromatic nitrogens is 1. The van der Waals surface area contributed by atoms with Crippen LogP contribution >= 0.6 is 0 Å². The van der Waals surface area contributed by atoms with Gasteiger partial charge in [0.15, 0.2) is 0 Å². The quantitative estimate of drug-likeness (QED) is 0.156. The smallest absolute Gasteiger partial charge is 0.0541 e. The van der Waals surface area contributed by atoms with Gasteiger partial charge in [0.25, 0.3) is 0 Å². The summed E-state index contributed by atoms with van der Waals surface area (Å²) in [5.74, 6) is 0. The monoisotopic (exact) mass is 812 g/mol. The van der Waals surface area contributed by atoms with Crippen molar-refractivity contribution in [2.24, 2.45) is 0 Å². The topological polar surface area (TPSA) is 8.17 Å². The van der Waals surface area contributed by atoms with E-state index in [2.05, 4.69) is 252 Å². The molecule has 0 unspecified atom stereocenters. The fourth-order valence-corrected chi connectivity index (χ4v) is 10.1. The van der Waals surface area contributed by atoms with Crippen LogP contribution in [0.1, 0.15) is 0 Å². The Balaban J connectivity index is 0.918. The molecule has 0 amide bonds. The normalized spacial score (nSPS) is 11.8. The van der Waals surface area contributed by atoms with E-state index in [1.165, 1.54) is 99.0 Å². The molecule has 0 bridgehead atoms. The van der Waals surface area contributed by atoms with Crippen molar-refractivity contribution >= 4 is 60.4 Å². The number of hydrogen-bond donors (Lipinski definition) is 0. The molecule has 0 atom stereocenters. The number of rotatable bonds is 7. The summed E-state index contributed by atoms with van der Waals surface area (Å²) >= 11 is 0. The molecule has 1 aliphatic carbocycles. The summed E-state index contributed by atoms with van der Waals surface area (Å²) < 4.78 is 2.38. The Labute approximate surface area is 372 Å². The van der Waals surface area contributed by atoms with Gasteiger partial charge in [0.2, 0.25) is 0 Å². The molecule has 0 saturated heterocycles. The van der Waals surface area contributed by atoms with Gasteiger partial charge in [0, 0.05) is 33.5 Å². The summed E-state index contributed by atoms with van der Waals surface area (Å²) in [4.78, 5) is 2.41. The van der Waals surface area contributed by atoms with Crippen LogP contribution in [0.15, 0.2) is 243 Å². The number of nitrogens with zero attached hydrogens (tertiary/aromatic N) is 2. The molecule has 0 aliphatic heterocycles. The molecule has 1 heterocycles. The third-order valence-electron chi connectivity index (χ3n) is 13.2. The number of anilines is 3. The average Bonchev–Trinajstić information content (AvgIpc) is 3.70. The molecular weight excluding hydrogens is 773 g/mol. The summed E-state index contributed by atoms with van der Waals surface area (Å²) in [6.07, 6.45) is 0. The van der Waals surface area contributed by atoms with Gasteiger partial charge in [-0.05, 0) is 174 Å². The molecule has 64 heavy (non-hydrogen) atoms. The standard InChI is InChI=1S/C62H40N2/c1-4-13-41(14-5-1)43-25-29-52(30-26-43)63(53-20-12-17-44(34-53)46-28-32-62-60(38-46)55-21-10-11-22-61(55)64(62)51-18-8-3-9-19-51)54-31-27-48-37-57-56-36-47-24-23-45(42-15-6-2-7-16-42)33-49(47)39-58(56)59(57)40-50(48)35-54/h1-40H. The minimum atomic E-state index is 1.10. The third kappa shape index (κ3) is 5.95. The predicted molar refractivity (Wildman–Crippen MR) is 271 cm³/mol. The second-order valence-corrected chi connectivity index (χ2v) is 17.0. The van der Waals surface area contributed by atoms with Crippen molar-refractivity contribution in [3.05, 3.63) is 243 Å². The first-order valence-electron chi connectivity index (χ1n) is 22.1. The highest BCUT2D eigenvalue weighted by atomic mass is 15.1. The van der Waals surface area contributed by atoms with Gasteiger partial charge >= 0.3 is 0 Å². The minimum Gasteiger partial charge on any atom is -0.310 e. The van der Waals surface area contributed by atoms with E-state index >= 15 is 0 Å². The Morgan fingerprint density at radius 2 is 0.719 bits per heavy atom. The maximum absolute atomic E-state index is 2.41. The molecule has 0 radical (unpaired) electrons. The van der Waals surface area contributed by atoms with Gasteiger partial charge < -0.3 is 9.47 Å². The van der Waals surface area contributed by atoms with Gasteiger partial charge in [-0.1, -0.05) is 146 Å². The molecule has 1 aromatic heterocycles. The van der Waals surface area contributed by atoms with Crippen molar-refractivity contribution in [1.82, 2.24) is 4.57 Å². The minimum absolute atomic E-state index is 1.10. The van der Waals surface area contributed by atoms with Crippen LogP contribution in [-0.4, -0.2) is 4.57 Å². The van der Waals surface area contributed by atoms with E-state index in [4.69, 9.17) is 0 Å². The van der Waals surface area contributed by atoms with Crippen LogP contribution in [0.5, 0.6) is 0 Å². The molecule has 0 fully saturated rings. The first-order valence-corrected chi connectivity index (χ1v) is 22.1. The van der Waals surface area contributed by atoms with Crippen molar-refractivity contribution in [2.45, 2.75) is 0 Å². The fourth-order valence-electron chi connectivity index (χ4n) is 10.1. The number of fused-ring (bicyclic) bond motifs is 9. The van der Waals surface area contributed by atoms with Crippen LogP contribution in [-0.2, 0) is 0 Å². The molecule has 0 saturated carbocycles. The maximum atomic E-state index is 2.41. The van der Waals surface area contributed by atoms with Gasteiger partial charge in [-0.3, -0.25) is 0 Å². The second kappa shape index (κ2) is 14.6. The first-order chi connectivity index (χ1) is 31.7. The van der Waals surface area contributed by atoms with Crippen molar-refractivity contribution in [1.29, 1.82) is 0 Å². The van der Waals surface area contributed by atoms with Crippen LogP contribution in [0.3, 0.4) is 0 Å². The van der Waals surface area contributed by atoms with E-state index in [0.29, 0.717) is 0 Å². The third-order valence-corrected chi connectivity index (χ3v) is 13.2. The lowest BCUT2D eigenvalue weighted by Crippen LogP contribution is -2.10. The van der Waals surface area contributed by atoms with Crippen molar-refractivity contribution in [3.63, 3.8) is 0 Å². The number of benzene rings is 11. The Morgan fingerprint density at radius 3 is 1.44 bits per heavy atom. The van der Waals surface area contributed by atoms with E-state index in [0.717, 1.165) is 22.7 Å². The average molecular weight is 813 g/mol. The lowest BCUT2D eigenvalue weighted by molar-refractivity contribution is 1.18. The summed E-state index contributed by atoms with van der Waals surface area (Å²) in [6, 6.07) is 88.9. The lowest BCUT2D eigenvalue weighted by Gasteiger charge is -2.28. The van der Waals surface area contributed by atoms with Gasteiger partial charge in [0.05, 0.1) is 11.0 Å². The Hall–Kier alpha value is -8.46. The van der Waals surface area contributed by atoms with E-state index in [1.54, 1.807) is 0 Å². The summed E-state index contributed by atoms with van der Waals surface area (Å²) in [6.45, 7) is 0. The van der Waals surface area contributed by atoms with Gasteiger partial charge in [-0.2, -0.15) is 0 Å². The maximum Gasteiger partial charge on any atom is 0.0541 e. The Bertz CT molecular complexity index is 3750. The number of para-hydroxylation sites is 2. The van der Waals surface area contributed by atoms with Crippen LogP contribution in [0.4, 0.5) is 17.1 Å². The zero-order valence-electron chi connectivity index (χ0n) is 35.0. The highest BCUT2D eigenvalue weighted by Gasteiger charge is 2.25. The van der Waals surface area contributed by atoms with Crippen LogP contribution in [0.25, 0.3) is 105 Å². The fraction of sp³-hybridized carbons (Fsp3) is 0. The Kier molecular flexibility index (Phi) is 8.25. The molecule has 298 valence electrons. The largest absolute Gasteiger partial charge is 0.310 e. The van der Waals surface area contributed by atoms with Crippen LogP contribution in [0.2, 0.25) is 0 Å². The van der Waals surface area contributed by atoms with E-state index < -0.39 is 0 Å². The molecule has 0 N–H and O–H groups in total. The van der Waals surface area contributed by atoms with Gasteiger partial charge in [-0.15, -0.1) is 0 Å². The molecule has 2 heteroatoms. The second-order valence-electron chi connectivity index (χ2n) is 17.0. The zero-order valence-corrected chi connectivity index (χ0v) is 35.0. The summed E-state index contributed by atoms with van der Waals surface area (Å²) in [7, 11) is 0. The molecule has 0 spiro atoms. The van der Waals surface area contributed by atoms with Crippen LogP contribution in [0, 0.1) is 0 Å². The molecular formula is C62H40N2. The lowest BCUT2D eigenvalue weighted by atomic mass is 9.77. The van der Waals surface area contributed by atoms with Gasteiger partial charge in [-0.25, -0.2) is 0 Å². The van der Waals surface area contributed by atoms with Gasteiger partial charge in [0.1, 0.15) is 0 Å². The number of hydrogen-bond acceptors (Lipinski definition) is 1. The SMILES string of the molecule is c1ccc(-c2ccc(N(c3cccc(-c4ccc5c(c4)c4ccccc4n5-c4ccccc4)c3)c3ccc4cc5c(cc4c3)-c3cc4cc(-c6ccccc6)ccc4cc3-5)cc2)cc1. The molecule has 1 aliphatic rings. The van der Waals surface area contributed by atoms with Crippen molar-refractivity contribution < 1.29 is 0 Å². The molecule has 13 rings (SSSR count). The van der Waals surface area contributed by atoms with E-state index in [1.807, 2.05) is 0 Å². The summed E-state index contributed by atoms with van der Waals surface area (Å²) in [5, 5.41) is 7.50. The van der Waals surface area contributed by atoms with Crippen LogP contribution < -0.4 is 4.90 Å². The van der Waals surface area contributed by atoms with Crippen molar-refractivity contribution in [3.8, 4) is 61.3 Å². The summed E-state index contributed by atoms with van der Waals surface area (Å²) in [5.41, 5.74) is 19.4. The Morgan fingerprint density at radius 1 is 0.250 bits per heavy atom. The molecule has 2 nitrogen and oxygen atoms in total. The molecule has 11 aromatic carbocycles. The van der Waals surface area contributed by atoms with E-state index in [9.17, 15) is 0 Å². The first kappa shape index (κ1) is 36.2.